The lowest BCUT2D eigenvalue weighted by molar-refractivity contribution is 0.452. The van der Waals surface area contributed by atoms with E-state index in [4.69, 9.17) is 0 Å². The highest BCUT2D eigenvalue weighted by Crippen LogP contribution is 2.38. The van der Waals surface area contributed by atoms with Gasteiger partial charge in [0.1, 0.15) is 11.6 Å². The van der Waals surface area contributed by atoms with Gasteiger partial charge in [-0.1, -0.05) is 12.1 Å². The Hall–Kier alpha value is -1.90. The number of benzene rings is 1. The Labute approximate surface area is 105 Å². The highest BCUT2D eigenvalue weighted by molar-refractivity contribution is 5.42. The van der Waals surface area contributed by atoms with E-state index >= 15 is 0 Å². The number of aryl methyl sites for hydroxylation is 1. The molecule has 0 spiro atoms. The van der Waals surface area contributed by atoms with Crippen molar-refractivity contribution in [2.24, 2.45) is 0 Å². The Morgan fingerprint density at radius 1 is 1.28 bits per heavy atom. The molecule has 0 radical (unpaired) electrons. The van der Waals surface area contributed by atoms with Crippen LogP contribution in [0, 0.1) is 5.82 Å². The average Bonchev–Trinajstić information content (AvgIpc) is 2.38. The van der Waals surface area contributed by atoms with Crippen molar-refractivity contribution in [3.63, 3.8) is 0 Å². The van der Waals surface area contributed by atoms with E-state index in [1.165, 1.54) is 17.7 Å². The maximum absolute atomic E-state index is 13.0. The van der Waals surface area contributed by atoms with Gasteiger partial charge < -0.3 is 5.11 Å². The van der Waals surface area contributed by atoms with Gasteiger partial charge in [0.15, 0.2) is 0 Å². The predicted octanol–water partition coefficient (Wildman–Crippen LogP) is 3.39. The summed E-state index contributed by atoms with van der Waals surface area (Å²) in [5, 5.41) is 9.90. The van der Waals surface area contributed by atoms with E-state index in [1.807, 2.05) is 6.07 Å². The summed E-state index contributed by atoms with van der Waals surface area (Å²) in [6, 6.07) is 8.25. The second-order valence-corrected chi connectivity index (χ2v) is 4.70. The standard InChI is InChI=1S/C15H14FNO/c16-11-6-7-12(14(18)9-11)13-5-1-3-10-4-2-8-17-15(10)13/h2,4,6-9,13,18H,1,3,5H2. The maximum atomic E-state index is 13.0. The molecule has 0 bridgehead atoms. The fourth-order valence-electron chi connectivity index (χ4n) is 2.72. The van der Waals surface area contributed by atoms with Crippen molar-refractivity contribution in [3.8, 4) is 5.75 Å². The maximum Gasteiger partial charge on any atom is 0.126 e. The van der Waals surface area contributed by atoms with Crippen LogP contribution in [-0.2, 0) is 6.42 Å². The quantitative estimate of drug-likeness (QED) is 0.832. The summed E-state index contributed by atoms with van der Waals surface area (Å²) in [5.74, 6) is -0.303. The molecule has 2 nitrogen and oxygen atoms in total. The monoisotopic (exact) mass is 243 g/mol. The van der Waals surface area contributed by atoms with Crippen LogP contribution in [0.25, 0.3) is 0 Å². The normalized spacial score (nSPS) is 18.4. The van der Waals surface area contributed by atoms with Gasteiger partial charge in [0.25, 0.3) is 0 Å². The first-order valence-corrected chi connectivity index (χ1v) is 6.18. The van der Waals surface area contributed by atoms with Crippen LogP contribution in [0.5, 0.6) is 5.75 Å². The molecule has 1 aromatic carbocycles. The molecule has 1 aliphatic carbocycles. The first-order chi connectivity index (χ1) is 8.75. The zero-order valence-electron chi connectivity index (χ0n) is 9.94. The number of pyridine rings is 1. The topological polar surface area (TPSA) is 33.1 Å². The summed E-state index contributed by atoms with van der Waals surface area (Å²) in [5.41, 5.74) is 3.03. The number of hydrogen-bond acceptors (Lipinski definition) is 2. The van der Waals surface area contributed by atoms with E-state index < -0.39 is 5.82 Å². The third-order valence-electron chi connectivity index (χ3n) is 3.56. The number of nitrogens with zero attached hydrogens (tertiary/aromatic N) is 1. The first-order valence-electron chi connectivity index (χ1n) is 6.18. The molecule has 1 aromatic heterocycles. The van der Waals surface area contributed by atoms with Crippen LogP contribution in [0.2, 0.25) is 0 Å². The summed E-state index contributed by atoms with van der Waals surface area (Å²) in [7, 11) is 0. The summed E-state index contributed by atoms with van der Waals surface area (Å²) >= 11 is 0. The van der Waals surface area contributed by atoms with Gasteiger partial charge >= 0.3 is 0 Å². The summed E-state index contributed by atoms with van der Waals surface area (Å²) in [6.45, 7) is 0. The lowest BCUT2D eigenvalue weighted by atomic mass is 9.82. The van der Waals surface area contributed by atoms with Gasteiger partial charge in [-0.15, -0.1) is 0 Å². The Morgan fingerprint density at radius 2 is 2.17 bits per heavy atom. The van der Waals surface area contributed by atoms with Crippen LogP contribution in [0.15, 0.2) is 36.5 Å². The number of aromatic nitrogens is 1. The van der Waals surface area contributed by atoms with Crippen molar-refractivity contribution in [1.82, 2.24) is 4.98 Å². The Morgan fingerprint density at radius 3 is 3.00 bits per heavy atom. The van der Waals surface area contributed by atoms with Crippen molar-refractivity contribution in [2.75, 3.05) is 0 Å². The van der Waals surface area contributed by atoms with Gasteiger partial charge in [-0.05, 0) is 37.0 Å². The number of hydrogen-bond donors (Lipinski definition) is 1. The van der Waals surface area contributed by atoms with Gasteiger partial charge in [-0.25, -0.2) is 4.39 Å². The molecule has 0 amide bonds. The van der Waals surface area contributed by atoms with E-state index in [1.54, 1.807) is 12.3 Å². The smallest absolute Gasteiger partial charge is 0.126 e. The predicted molar refractivity (Wildman–Crippen MR) is 67.1 cm³/mol. The molecule has 1 unspecified atom stereocenters. The molecule has 0 saturated heterocycles. The largest absolute Gasteiger partial charge is 0.508 e. The lowest BCUT2D eigenvalue weighted by Crippen LogP contribution is -2.13. The molecule has 2 aromatic rings. The minimum Gasteiger partial charge on any atom is -0.508 e. The SMILES string of the molecule is Oc1cc(F)ccc1C1CCCc2cccnc21. The number of phenolic OH excluding ortho intramolecular Hbond substituents is 1. The van der Waals surface area contributed by atoms with Gasteiger partial charge in [-0.2, -0.15) is 0 Å². The van der Waals surface area contributed by atoms with E-state index in [9.17, 15) is 9.50 Å². The molecule has 0 aliphatic heterocycles. The van der Waals surface area contributed by atoms with E-state index in [2.05, 4.69) is 11.1 Å². The van der Waals surface area contributed by atoms with Gasteiger partial charge in [-0.3, -0.25) is 4.98 Å². The molecule has 18 heavy (non-hydrogen) atoms. The highest BCUT2D eigenvalue weighted by Gasteiger charge is 2.25. The zero-order chi connectivity index (χ0) is 12.5. The van der Waals surface area contributed by atoms with Crippen molar-refractivity contribution in [3.05, 3.63) is 59.2 Å². The minimum absolute atomic E-state index is 0.0264. The molecule has 1 atom stereocenters. The van der Waals surface area contributed by atoms with E-state index in [0.717, 1.165) is 30.5 Å². The molecule has 1 aliphatic rings. The minimum atomic E-state index is -0.409. The summed E-state index contributed by atoms with van der Waals surface area (Å²) in [4.78, 5) is 4.44. The molecule has 3 rings (SSSR count). The Bertz CT molecular complexity index is 582. The van der Waals surface area contributed by atoms with Crippen molar-refractivity contribution >= 4 is 0 Å². The third-order valence-corrected chi connectivity index (χ3v) is 3.56. The van der Waals surface area contributed by atoms with Crippen molar-refractivity contribution in [2.45, 2.75) is 25.2 Å². The molecule has 3 heteroatoms. The van der Waals surface area contributed by atoms with Gasteiger partial charge in [0.2, 0.25) is 0 Å². The number of fused-ring (bicyclic) bond motifs is 1. The molecule has 1 N–H and O–H groups in total. The second kappa shape index (κ2) is 4.41. The highest BCUT2D eigenvalue weighted by atomic mass is 19.1. The summed E-state index contributed by atoms with van der Waals surface area (Å²) in [6.07, 6.45) is 4.82. The molecule has 1 heterocycles. The number of aromatic hydroxyl groups is 1. The number of phenols is 1. The molecule has 0 saturated carbocycles. The molecular formula is C15H14FNO. The lowest BCUT2D eigenvalue weighted by Gasteiger charge is -2.25. The van der Waals surface area contributed by atoms with Crippen molar-refractivity contribution < 1.29 is 9.50 Å². The van der Waals surface area contributed by atoms with Crippen LogP contribution < -0.4 is 0 Å². The van der Waals surface area contributed by atoms with Crippen LogP contribution >= 0.6 is 0 Å². The Kier molecular flexibility index (Phi) is 2.74. The molecule has 0 fully saturated rings. The second-order valence-electron chi connectivity index (χ2n) is 4.70. The van der Waals surface area contributed by atoms with E-state index in [-0.39, 0.29) is 11.7 Å². The number of rotatable bonds is 1. The molecule has 92 valence electrons. The zero-order valence-corrected chi connectivity index (χ0v) is 9.94. The van der Waals surface area contributed by atoms with Crippen LogP contribution in [0.3, 0.4) is 0 Å². The number of halogens is 1. The fraction of sp³-hybridized carbons (Fsp3) is 0.267. The molecular weight excluding hydrogens is 229 g/mol. The van der Waals surface area contributed by atoms with E-state index in [0.29, 0.717) is 0 Å². The van der Waals surface area contributed by atoms with Crippen LogP contribution in [-0.4, -0.2) is 10.1 Å². The summed E-state index contributed by atoms with van der Waals surface area (Å²) < 4.78 is 13.0. The van der Waals surface area contributed by atoms with Crippen LogP contribution in [0.4, 0.5) is 4.39 Å². The fourth-order valence-corrected chi connectivity index (χ4v) is 2.72. The van der Waals surface area contributed by atoms with Crippen LogP contribution in [0.1, 0.15) is 35.6 Å². The van der Waals surface area contributed by atoms with Gasteiger partial charge in [0, 0.05) is 23.7 Å². The third kappa shape index (κ3) is 1.86. The van der Waals surface area contributed by atoms with Crippen molar-refractivity contribution in [1.29, 1.82) is 0 Å². The average molecular weight is 243 g/mol. The van der Waals surface area contributed by atoms with Gasteiger partial charge in [0.05, 0.1) is 5.69 Å². The Balaban J connectivity index is 2.08. The first kappa shape index (κ1) is 11.2.